The highest BCUT2D eigenvalue weighted by Crippen LogP contribution is 2.43. The van der Waals surface area contributed by atoms with Crippen LogP contribution in [0.2, 0.25) is 5.02 Å². The lowest BCUT2D eigenvalue weighted by Crippen LogP contribution is -2.39. The summed E-state index contributed by atoms with van der Waals surface area (Å²) in [5.74, 6) is -0.302. The number of aliphatic carboxylic acids is 1. The number of ether oxygens (including phenoxy) is 2. The molecule has 214 valence electrons. The number of hydrogen-bond donors (Lipinski definition) is 3. The van der Waals surface area contributed by atoms with E-state index < -0.39 is 18.6 Å². The summed E-state index contributed by atoms with van der Waals surface area (Å²) >= 11 is 6.70. The monoisotopic (exact) mass is 583 g/mol. The molecule has 0 amide bonds. The van der Waals surface area contributed by atoms with Crippen molar-refractivity contribution in [2.24, 2.45) is 0 Å². The van der Waals surface area contributed by atoms with E-state index in [0.29, 0.717) is 33.2 Å². The van der Waals surface area contributed by atoms with E-state index in [1.54, 1.807) is 24.4 Å². The van der Waals surface area contributed by atoms with Gasteiger partial charge in [-0.05, 0) is 59.7 Å². The lowest BCUT2D eigenvalue weighted by molar-refractivity contribution is -0.140. The summed E-state index contributed by atoms with van der Waals surface area (Å²) in [7, 11) is 0. The first-order valence-corrected chi connectivity index (χ1v) is 14.0. The molecule has 3 aromatic carbocycles. The smallest absolute Gasteiger partial charge is 0.323 e. The van der Waals surface area contributed by atoms with Gasteiger partial charge in [-0.1, -0.05) is 54.1 Å². The van der Waals surface area contributed by atoms with E-state index in [1.807, 2.05) is 12.1 Å². The second-order valence-electron chi connectivity index (χ2n) is 10.2. The average Bonchev–Trinajstić information content (AvgIpc) is 3.41. The molecule has 42 heavy (non-hydrogen) atoms. The first kappa shape index (κ1) is 29.1. The first-order valence-electron chi connectivity index (χ1n) is 13.6. The molecule has 4 aromatic rings. The highest BCUT2D eigenvalue weighted by Gasteiger charge is 2.28. The number of nitrogens with one attached hydrogen (secondary N) is 1. The number of aryl methyl sites for hydroxylation is 1. The zero-order valence-corrected chi connectivity index (χ0v) is 23.8. The fraction of sp³-hybridized carbons (Fsp3) is 0.242. The molecule has 3 N–H and O–H groups in total. The Morgan fingerprint density at radius 1 is 1.14 bits per heavy atom. The van der Waals surface area contributed by atoms with Crippen LogP contribution in [0.25, 0.3) is 11.1 Å². The van der Waals surface area contributed by atoms with Crippen molar-refractivity contribution in [2.45, 2.75) is 45.1 Å². The van der Waals surface area contributed by atoms with Crippen molar-refractivity contribution in [3.8, 4) is 28.7 Å². The van der Waals surface area contributed by atoms with Gasteiger partial charge in [0.15, 0.2) is 0 Å². The number of nitrogens with zero attached hydrogens (tertiary/aromatic N) is 2. The normalized spacial score (nSPS) is 14.6. The van der Waals surface area contributed by atoms with Gasteiger partial charge >= 0.3 is 5.97 Å². The number of aromatic nitrogens is 1. The SMILES string of the molecule is Cc1ccccc1-c1cccc2c1CC[C@@H]2Oc1cc(OCc2cncc(C#N)c2)c(CN[C@@H](CO)C(=O)O)cc1Cl. The fourth-order valence-electron chi connectivity index (χ4n) is 5.21. The Hall–Kier alpha value is -4.42. The second-order valence-corrected chi connectivity index (χ2v) is 10.6. The summed E-state index contributed by atoms with van der Waals surface area (Å²) in [6.07, 6.45) is 4.53. The van der Waals surface area contributed by atoms with Crippen molar-refractivity contribution in [1.29, 1.82) is 5.26 Å². The van der Waals surface area contributed by atoms with Crippen LogP contribution in [0.3, 0.4) is 0 Å². The highest BCUT2D eigenvalue weighted by molar-refractivity contribution is 6.32. The number of aliphatic hydroxyl groups excluding tert-OH is 1. The maximum atomic E-state index is 11.4. The number of hydrogen-bond acceptors (Lipinski definition) is 7. The van der Waals surface area contributed by atoms with Crippen molar-refractivity contribution in [1.82, 2.24) is 10.3 Å². The van der Waals surface area contributed by atoms with Crippen LogP contribution in [0.4, 0.5) is 0 Å². The van der Waals surface area contributed by atoms with Crippen LogP contribution < -0.4 is 14.8 Å². The highest BCUT2D eigenvalue weighted by atomic mass is 35.5. The number of fused-ring (bicyclic) bond motifs is 1. The lowest BCUT2D eigenvalue weighted by Gasteiger charge is -2.20. The molecule has 9 heteroatoms. The van der Waals surface area contributed by atoms with Crippen molar-refractivity contribution in [3.63, 3.8) is 0 Å². The molecule has 0 bridgehead atoms. The van der Waals surface area contributed by atoms with Gasteiger partial charge in [-0.15, -0.1) is 0 Å². The van der Waals surface area contributed by atoms with Gasteiger partial charge in [0.1, 0.15) is 36.3 Å². The first-order chi connectivity index (χ1) is 20.4. The molecule has 2 atom stereocenters. The Morgan fingerprint density at radius 3 is 2.71 bits per heavy atom. The summed E-state index contributed by atoms with van der Waals surface area (Å²) in [6.45, 7) is 1.74. The zero-order valence-electron chi connectivity index (χ0n) is 23.0. The quantitative estimate of drug-likeness (QED) is 0.203. The van der Waals surface area contributed by atoms with Crippen LogP contribution in [0.15, 0.2) is 73.1 Å². The predicted molar refractivity (Wildman–Crippen MR) is 158 cm³/mol. The molecule has 1 aliphatic rings. The largest absolute Gasteiger partial charge is 0.488 e. The molecule has 0 spiro atoms. The Kier molecular flexibility index (Phi) is 9.03. The summed E-state index contributed by atoms with van der Waals surface area (Å²) in [5.41, 5.74) is 7.70. The molecular formula is C33H30ClN3O5. The molecule has 8 nitrogen and oxygen atoms in total. The van der Waals surface area contributed by atoms with Gasteiger partial charge in [-0.2, -0.15) is 5.26 Å². The van der Waals surface area contributed by atoms with Gasteiger partial charge in [0.25, 0.3) is 0 Å². The number of pyridine rings is 1. The van der Waals surface area contributed by atoms with Crippen LogP contribution in [-0.2, 0) is 24.4 Å². The summed E-state index contributed by atoms with van der Waals surface area (Å²) < 4.78 is 12.6. The number of nitriles is 1. The molecule has 0 saturated carbocycles. The third-order valence-corrected chi connectivity index (χ3v) is 7.67. The van der Waals surface area contributed by atoms with E-state index in [0.717, 1.165) is 18.4 Å². The van der Waals surface area contributed by atoms with Crippen molar-refractivity contribution in [2.75, 3.05) is 6.61 Å². The van der Waals surface area contributed by atoms with E-state index in [2.05, 4.69) is 53.6 Å². The molecule has 1 aromatic heterocycles. The second kappa shape index (κ2) is 13.0. The standard InChI is InChI=1S/C33H30ClN3O5/c1-20-5-2-3-6-24(20)25-7-4-8-27-26(25)9-10-30(27)42-32-13-31(41-19-22-11-21(14-35)15-36-16-22)23(12-28(32)34)17-37-29(18-38)33(39)40/h2-8,11-13,15-16,29-30,37-38H,9-10,17-19H2,1H3,(H,39,40)/t29-,30-/m0/s1. The zero-order chi connectivity index (χ0) is 29.6. The van der Waals surface area contributed by atoms with Gasteiger partial charge in [-0.3, -0.25) is 15.1 Å². The van der Waals surface area contributed by atoms with E-state index >= 15 is 0 Å². The van der Waals surface area contributed by atoms with Gasteiger partial charge in [0, 0.05) is 36.1 Å². The summed E-state index contributed by atoms with van der Waals surface area (Å²) in [5, 5.41) is 31.2. The minimum absolute atomic E-state index is 0.0788. The van der Waals surface area contributed by atoms with Gasteiger partial charge in [-0.25, -0.2) is 0 Å². The molecule has 1 heterocycles. The van der Waals surface area contributed by atoms with Crippen LogP contribution in [0.5, 0.6) is 11.5 Å². The number of rotatable bonds is 11. The Labute approximate surface area is 249 Å². The summed E-state index contributed by atoms with van der Waals surface area (Å²) in [4.78, 5) is 15.5. The molecule has 0 fully saturated rings. The van der Waals surface area contributed by atoms with Crippen LogP contribution in [-0.4, -0.2) is 33.8 Å². The topological polar surface area (TPSA) is 125 Å². The van der Waals surface area contributed by atoms with Crippen molar-refractivity contribution >= 4 is 17.6 Å². The minimum Gasteiger partial charge on any atom is -0.488 e. The number of benzene rings is 3. The molecule has 1 aliphatic carbocycles. The van der Waals surface area contributed by atoms with Crippen LogP contribution >= 0.6 is 11.6 Å². The number of halogens is 1. The Bertz CT molecular complexity index is 1650. The maximum absolute atomic E-state index is 11.4. The molecule has 0 aliphatic heterocycles. The number of carboxylic acids is 1. The van der Waals surface area contributed by atoms with Gasteiger partial charge in [0.05, 0.1) is 17.2 Å². The number of aliphatic hydroxyl groups is 1. The van der Waals surface area contributed by atoms with E-state index in [1.165, 1.54) is 28.5 Å². The molecule has 0 saturated heterocycles. The van der Waals surface area contributed by atoms with E-state index in [4.69, 9.17) is 21.1 Å². The van der Waals surface area contributed by atoms with Crippen LogP contribution in [0.1, 0.15) is 45.9 Å². The van der Waals surface area contributed by atoms with Crippen LogP contribution in [0, 0.1) is 18.3 Å². The average molecular weight is 584 g/mol. The van der Waals surface area contributed by atoms with Crippen molar-refractivity contribution < 1.29 is 24.5 Å². The summed E-state index contributed by atoms with van der Waals surface area (Å²) in [6, 6.07) is 20.6. The maximum Gasteiger partial charge on any atom is 0.323 e. The lowest BCUT2D eigenvalue weighted by atomic mass is 9.94. The molecule has 5 rings (SSSR count). The van der Waals surface area contributed by atoms with E-state index in [-0.39, 0.29) is 19.3 Å². The van der Waals surface area contributed by atoms with Gasteiger partial charge in [0.2, 0.25) is 0 Å². The molecular weight excluding hydrogens is 554 g/mol. The third-order valence-electron chi connectivity index (χ3n) is 7.37. The molecule has 0 radical (unpaired) electrons. The third kappa shape index (κ3) is 6.39. The number of carboxylic acid groups (broad SMARTS) is 1. The Balaban J connectivity index is 1.43. The van der Waals surface area contributed by atoms with E-state index in [9.17, 15) is 20.3 Å². The van der Waals surface area contributed by atoms with Gasteiger partial charge < -0.3 is 19.7 Å². The number of carbonyl (C=O) groups is 1. The predicted octanol–water partition coefficient (Wildman–Crippen LogP) is 5.76. The van der Waals surface area contributed by atoms with Crippen molar-refractivity contribution in [3.05, 3.63) is 111 Å². The Morgan fingerprint density at radius 2 is 1.95 bits per heavy atom. The minimum atomic E-state index is -1.17. The fourth-order valence-corrected chi connectivity index (χ4v) is 5.44. The molecule has 0 unspecified atom stereocenters.